The topological polar surface area (TPSA) is 59.6 Å². The van der Waals surface area contributed by atoms with Crippen LogP contribution in [0.4, 0.5) is 0 Å². The minimum absolute atomic E-state index is 0.0241. The van der Waals surface area contributed by atoms with Crippen LogP contribution in [0.5, 0.6) is 0 Å². The molecule has 152 valence electrons. The van der Waals surface area contributed by atoms with E-state index in [2.05, 4.69) is 6.92 Å². The van der Waals surface area contributed by atoms with Crippen LogP contribution in [-0.4, -0.2) is 37.8 Å². The van der Waals surface area contributed by atoms with Crippen molar-refractivity contribution in [1.29, 1.82) is 0 Å². The molecule has 6 nitrogen and oxygen atoms in total. The molecule has 4 heterocycles. The molecule has 0 radical (unpaired) electrons. The number of carbonyl (C=O) groups excluding carboxylic acids is 1. The van der Waals surface area contributed by atoms with Crippen LogP contribution in [0.3, 0.4) is 0 Å². The van der Waals surface area contributed by atoms with Gasteiger partial charge in [0, 0.05) is 25.8 Å². The van der Waals surface area contributed by atoms with Crippen molar-refractivity contribution in [1.82, 2.24) is 18.9 Å². The summed E-state index contributed by atoms with van der Waals surface area (Å²) < 4.78 is 3.44. The summed E-state index contributed by atoms with van der Waals surface area (Å²) in [6.07, 6.45) is 3.87. The molecule has 0 bridgehead atoms. The average molecular weight is 400 g/mol. The van der Waals surface area contributed by atoms with Crippen LogP contribution >= 0.6 is 0 Å². The smallest absolute Gasteiger partial charge is 0.270 e. The number of rotatable bonds is 3. The second-order valence-electron chi connectivity index (χ2n) is 8.18. The van der Waals surface area contributed by atoms with Gasteiger partial charge in [0.05, 0.1) is 5.39 Å². The highest BCUT2D eigenvalue weighted by molar-refractivity contribution is 5.98. The summed E-state index contributed by atoms with van der Waals surface area (Å²) in [5.41, 5.74) is 2.58. The number of piperidine rings is 1. The summed E-state index contributed by atoms with van der Waals surface area (Å²) >= 11 is 0. The number of aromatic nitrogens is 3. The highest BCUT2D eigenvalue weighted by atomic mass is 16.2. The van der Waals surface area contributed by atoms with E-state index in [1.54, 1.807) is 12.3 Å². The third-order valence-electron chi connectivity index (χ3n) is 5.92. The number of carbonyl (C=O) groups is 1. The van der Waals surface area contributed by atoms with Gasteiger partial charge in [-0.25, -0.2) is 4.98 Å². The number of likely N-dealkylation sites (tertiary alicyclic amines) is 1. The van der Waals surface area contributed by atoms with Crippen molar-refractivity contribution in [2.45, 2.75) is 26.3 Å². The van der Waals surface area contributed by atoms with E-state index in [0.29, 0.717) is 34.8 Å². The Hall–Kier alpha value is -3.41. The van der Waals surface area contributed by atoms with E-state index in [4.69, 9.17) is 4.98 Å². The summed E-state index contributed by atoms with van der Waals surface area (Å²) in [6, 6.07) is 17.2. The number of hydrogen-bond acceptors (Lipinski definition) is 3. The quantitative estimate of drug-likeness (QED) is 0.528. The molecule has 1 atom stereocenters. The Balaban J connectivity index is 1.71. The number of nitrogens with zero attached hydrogens (tertiary/aromatic N) is 4. The van der Waals surface area contributed by atoms with E-state index in [9.17, 15) is 9.59 Å². The van der Waals surface area contributed by atoms with Crippen LogP contribution in [0.15, 0.2) is 65.6 Å². The fourth-order valence-electron chi connectivity index (χ4n) is 4.39. The van der Waals surface area contributed by atoms with Crippen LogP contribution in [0.25, 0.3) is 16.7 Å². The maximum Gasteiger partial charge on any atom is 0.270 e. The summed E-state index contributed by atoms with van der Waals surface area (Å²) in [5, 5.41) is 0.475. The first-order chi connectivity index (χ1) is 14.6. The van der Waals surface area contributed by atoms with Gasteiger partial charge in [-0.05, 0) is 42.5 Å². The predicted octanol–water partition coefficient (Wildman–Crippen LogP) is 3.57. The third-order valence-corrected chi connectivity index (χ3v) is 5.92. The normalized spacial score (nSPS) is 17.0. The SMILES string of the molecule is C[C@@H]1CCCN(C(=O)c2cc3c(=O)n4ccccc4nc3n2Cc2ccccc2)C1. The van der Waals surface area contributed by atoms with Crippen molar-refractivity contribution in [3.63, 3.8) is 0 Å². The lowest BCUT2D eigenvalue weighted by molar-refractivity contribution is 0.0673. The largest absolute Gasteiger partial charge is 0.337 e. The van der Waals surface area contributed by atoms with Gasteiger partial charge in [0.15, 0.2) is 0 Å². The molecule has 1 aromatic carbocycles. The molecule has 0 spiro atoms. The fraction of sp³-hybridized carbons (Fsp3) is 0.292. The lowest BCUT2D eigenvalue weighted by Crippen LogP contribution is -2.40. The van der Waals surface area contributed by atoms with Gasteiger partial charge < -0.3 is 9.47 Å². The molecule has 1 amide bonds. The summed E-state index contributed by atoms with van der Waals surface area (Å²) in [4.78, 5) is 33.3. The minimum atomic E-state index is -0.150. The first kappa shape index (κ1) is 18.6. The van der Waals surface area contributed by atoms with Crippen LogP contribution < -0.4 is 5.56 Å². The number of hydrogen-bond donors (Lipinski definition) is 0. The van der Waals surface area contributed by atoms with Gasteiger partial charge >= 0.3 is 0 Å². The molecule has 1 aliphatic heterocycles. The van der Waals surface area contributed by atoms with Gasteiger partial charge in [-0.3, -0.25) is 14.0 Å². The predicted molar refractivity (Wildman–Crippen MR) is 117 cm³/mol. The zero-order chi connectivity index (χ0) is 20.7. The molecule has 0 saturated carbocycles. The molecule has 1 aliphatic rings. The van der Waals surface area contributed by atoms with Gasteiger partial charge in [0.2, 0.25) is 0 Å². The van der Waals surface area contributed by atoms with E-state index >= 15 is 0 Å². The molecular formula is C24H24N4O2. The van der Waals surface area contributed by atoms with Crippen LogP contribution in [-0.2, 0) is 6.54 Å². The van der Waals surface area contributed by atoms with Crippen molar-refractivity contribution < 1.29 is 4.79 Å². The van der Waals surface area contributed by atoms with Crippen molar-refractivity contribution in [2.24, 2.45) is 5.92 Å². The Labute approximate surface area is 174 Å². The summed E-state index contributed by atoms with van der Waals surface area (Å²) in [6.45, 7) is 4.17. The number of benzene rings is 1. The molecule has 0 unspecified atom stereocenters. The Morgan fingerprint density at radius 3 is 2.73 bits per heavy atom. The Morgan fingerprint density at radius 2 is 1.93 bits per heavy atom. The van der Waals surface area contributed by atoms with E-state index in [0.717, 1.165) is 31.5 Å². The molecule has 4 aromatic rings. The molecule has 0 aliphatic carbocycles. The fourth-order valence-corrected chi connectivity index (χ4v) is 4.39. The van der Waals surface area contributed by atoms with Crippen LogP contribution in [0, 0.1) is 5.92 Å². The molecule has 5 rings (SSSR count). The molecule has 0 N–H and O–H groups in total. The van der Waals surface area contributed by atoms with Crippen molar-refractivity contribution in [2.75, 3.05) is 13.1 Å². The zero-order valence-corrected chi connectivity index (χ0v) is 17.0. The van der Waals surface area contributed by atoms with Gasteiger partial charge in [-0.2, -0.15) is 0 Å². The Kier molecular flexibility index (Phi) is 4.62. The van der Waals surface area contributed by atoms with Crippen LogP contribution in [0.1, 0.15) is 35.8 Å². The first-order valence-corrected chi connectivity index (χ1v) is 10.5. The van der Waals surface area contributed by atoms with Gasteiger partial charge in [0.25, 0.3) is 11.5 Å². The van der Waals surface area contributed by atoms with Crippen molar-refractivity contribution in [3.8, 4) is 0 Å². The maximum atomic E-state index is 13.5. The van der Waals surface area contributed by atoms with E-state index in [1.807, 2.05) is 58.0 Å². The summed E-state index contributed by atoms with van der Waals surface area (Å²) in [5.74, 6) is 0.463. The van der Waals surface area contributed by atoms with Gasteiger partial charge in [0.1, 0.15) is 17.0 Å². The Morgan fingerprint density at radius 1 is 1.13 bits per heavy atom. The highest BCUT2D eigenvalue weighted by Crippen LogP contribution is 2.23. The van der Waals surface area contributed by atoms with E-state index < -0.39 is 0 Å². The first-order valence-electron chi connectivity index (χ1n) is 10.5. The van der Waals surface area contributed by atoms with Crippen LogP contribution in [0.2, 0.25) is 0 Å². The third kappa shape index (κ3) is 3.18. The molecule has 6 heteroatoms. The number of pyridine rings is 1. The van der Waals surface area contributed by atoms with Gasteiger partial charge in [-0.15, -0.1) is 0 Å². The van der Waals surface area contributed by atoms with E-state index in [-0.39, 0.29) is 11.5 Å². The molecule has 30 heavy (non-hydrogen) atoms. The average Bonchev–Trinajstić information content (AvgIpc) is 3.12. The Bertz CT molecular complexity index is 1290. The van der Waals surface area contributed by atoms with E-state index in [1.165, 1.54) is 4.40 Å². The zero-order valence-electron chi connectivity index (χ0n) is 17.0. The number of fused-ring (bicyclic) bond motifs is 2. The molecule has 3 aromatic heterocycles. The second kappa shape index (κ2) is 7.44. The summed E-state index contributed by atoms with van der Waals surface area (Å²) in [7, 11) is 0. The lowest BCUT2D eigenvalue weighted by Gasteiger charge is -2.31. The molecule has 1 fully saturated rings. The maximum absolute atomic E-state index is 13.5. The number of amides is 1. The monoisotopic (exact) mass is 400 g/mol. The minimum Gasteiger partial charge on any atom is -0.337 e. The lowest BCUT2D eigenvalue weighted by atomic mass is 10.00. The highest BCUT2D eigenvalue weighted by Gasteiger charge is 2.27. The van der Waals surface area contributed by atoms with Crippen molar-refractivity contribution >= 4 is 22.6 Å². The second-order valence-corrected chi connectivity index (χ2v) is 8.18. The van der Waals surface area contributed by atoms with Crippen molar-refractivity contribution in [3.05, 3.63) is 82.4 Å². The standard InChI is InChI=1S/C24H24N4O2/c1-17-8-7-12-26(15-17)24(30)20-14-19-22(28(20)16-18-9-3-2-4-10-18)25-21-11-5-6-13-27(21)23(19)29/h2-6,9-11,13-14,17H,7-8,12,15-16H2,1H3/t17-/m1/s1. The van der Waals surface area contributed by atoms with Gasteiger partial charge in [-0.1, -0.05) is 43.3 Å². The molecule has 1 saturated heterocycles. The molecular weight excluding hydrogens is 376 g/mol.